The summed E-state index contributed by atoms with van der Waals surface area (Å²) < 4.78 is 5.82. The Bertz CT molecular complexity index is 981. The quantitative estimate of drug-likeness (QED) is 0.327. The number of carbonyl (C=O) groups excluding carboxylic acids is 1. The predicted octanol–water partition coefficient (Wildman–Crippen LogP) is 4.57. The van der Waals surface area contributed by atoms with E-state index >= 15 is 0 Å². The van der Waals surface area contributed by atoms with E-state index < -0.39 is 23.8 Å². The van der Waals surface area contributed by atoms with Gasteiger partial charge < -0.3 is 9.84 Å². The average molecular weight is 346 g/mol. The molecule has 3 aromatic rings. The number of carbonyl (C=O) groups is 2. The molecule has 0 heterocycles. The van der Waals surface area contributed by atoms with Gasteiger partial charge in [0.15, 0.2) is 0 Å². The topological polar surface area (TPSA) is 63.6 Å². The molecule has 1 aliphatic rings. The van der Waals surface area contributed by atoms with E-state index in [0.29, 0.717) is 18.6 Å². The van der Waals surface area contributed by atoms with E-state index in [4.69, 9.17) is 4.74 Å². The molecule has 130 valence electrons. The maximum Gasteiger partial charge on any atom is 0.315 e. The molecule has 0 aliphatic heterocycles. The van der Waals surface area contributed by atoms with Crippen LogP contribution in [0.2, 0.25) is 0 Å². The summed E-state index contributed by atoms with van der Waals surface area (Å²) in [6.07, 6.45) is 4.41. The Hall–Kier alpha value is -3.14. The lowest BCUT2D eigenvalue weighted by atomic mass is 9.83. The van der Waals surface area contributed by atoms with Gasteiger partial charge in [0, 0.05) is 10.8 Å². The zero-order valence-electron chi connectivity index (χ0n) is 14.1. The Kier molecular flexibility index (Phi) is 4.17. The number of allylic oxidation sites excluding steroid dienone is 2. The Morgan fingerprint density at radius 2 is 1.38 bits per heavy atom. The summed E-state index contributed by atoms with van der Waals surface area (Å²) in [4.78, 5) is 24.4. The number of fused-ring (bicyclic) bond motifs is 2. The largest absolute Gasteiger partial charge is 0.481 e. The zero-order valence-corrected chi connectivity index (χ0v) is 14.1. The van der Waals surface area contributed by atoms with E-state index in [1.165, 1.54) is 0 Å². The highest BCUT2D eigenvalue weighted by atomic mass is 16.5. The second-order valence-corrected chi connectivity index (χ2v) is 6.56. The van der Waals surface area contributed by atoms with Crippen LogP contribution in [0, 0.1) is 11.8 Å². The van der Waals surface area contributed by atoms with Gasteiger partial charge in [-0.25, -0.2) is 0 Å². The summed E-state index contributed by atoms with van der Waals surface area (Å²) in [6.45, 7) is 0. The highest BCUT2D eigenvalue weighted by Crippen LogP contribution is 2.36. The van der Waals surface area contributed by atoms with Crippen LogP contribution in [0.1, 0.15) is 12.8 Å². The standard InChI is InChI=1S/C22H18O4/c23-21(24)18-11-5-6-12-19(18)22(25)26-20-16-9-3-1-7-14(16)13-15-8-2-4-10-17(15)20/h1-10,13,18-19H,11-12H2,(H,23,24). The van der Waals surface area contributed by atoms with Crippen molar-refractivity contribution < 1.29 is 19.4 Å². The molecule has 0 saturated heterocycles. The summed E-state index contributed by atoms with van der Waals surface area (Å²) in [5.74, 6) is -2.35. The number of esters is 1. The molecule has 1 N–H and O–H groups in total. The molecule has 0 bridgehead atoms. The van der Waals surface area contributed by atoms with Crippen molar-refractivity contribution in [2.75, 3.05) is 0 Å². The molecule has 4 rings (SSSR count). The third kappa shape index (κ3) is 2.84. The summed E-state index contributed by atoms with van der Waals surface area (Å²) >= 11 is 0. The summed E-state index contributed by atoms with van der Waals surface area (Å²) in [5.41, 5.74) is 0. The monoisotopic (exact) mass is 346 g/mol. The summed E-state index contributed by atoms with van der Waals surface area (Å²) in [5, 5.41) is 13.1. The van der Waals surface area contributed by atoms with Gasteiger partial charge in [0.1, 0.15) is 5.75 Å². The summed E-state index contributed by atoms with van der Waals surface area (Å²) in [7, 11) is 0. The van der Waals surface area contributed by atoms with Crippen LogP contribution in [0.25, 0.3) is 21.5 Å². The molecule has 26 heavy (non-hydrogen) atoms. The minimum absolute atomic E-state index is 0.353. The smallest absolute Gasteiger partial charge is 0.315 e. The van der Waals surface area contributed by atoms with Crippen molar-refractivity contribution >= 4 is 33.5 Å². The van der Waals surface area contributed by atoms with Crippen LogP contribution in [0.3, 0.4) is 0 Å². The van der Waals surface area contributed by atoms with Crippen LogP contribution in [0.4, 0.5) is 0 Å². The first-order chi connectivity index (χ1) is 12.6. The van der Waals surface area contributed by atoms with Crippen molar-refractivity contribution in [3.8, 4) is 5.75 Å². The van der Waals surface area contributed by atoms with Crippen molar-refractivity contribution in [2.45, 2.75) is 12.8 Å². The molecular weight excluding hydrogens is 328 g/mol. The number of carboxylic acid groups (broad SMARTS) is 1. The molecule has 0 fully saturated rings. The van der Waals surface area contributed by atoms with Gasteiger partial charge in [0.25, 0.3) is 0 Å². The molecule has 0 aromatic heterocycles. The molecule has 0 saturated carbocycles. The van der Waals surface area contributed by atoms with Gasteiger partial charge in [-0.3, -0.25) is 9.59 Å². The van der Waals surface area contributed by atoms with Gasteiger partial charge >= 0.3 is 11.9 Å². The third-order valence-electron chi connectivity index (χ3n) is 4.98. The number of ether oxygens (including phenoxy) is 1. The van der Waals surface area contributed by atoms with Crippen molar-refractivity contribution in [1.29, 1.82) is 0 Å². The second-order valence-electron chi connectivity index (χ2n) is 6.56. The van der Waals surface area contributed by atoms with Crippen LogP contribution in [0.15, 0.2) is 66.7 Å². The molecule has 4 nitrogen and oxygen atoms in total. The fourth-order valence-electron chi connectivity index (χ4n) is 3.61. The fourth-order valence-corrected chi connectivity index (χ4v) is 3.61. The summed E-state index contributed by atoms with van der Waals surface area (Å²) in [6, 6.07) is 17.5. The zero-order chi connectivity index (χ0) is 18.1. The van der Waals surface area contributed by atoms with Gasteiger partial charge in [-0.2, -0.15) is 0 Å². The molecule has 2 unspecified atom stereocenters. The van der Waals surface area contributed by atoms with E-state index in [2.05, 4.69) is 6.07 Å². The number of hydrogen-bond acceptors (Lipinski definition) is 3. The predicted molar refractivity (Wildman–Crippen MR) is 100 cm³/mol. The first-order valence-electron chi connectivity index (χ1n) is 8.65. The van der Waals surface area contributed by atoms with Crippen LogP contribution in [0.5, 0.6) is 5.75 Å². The molecule has 0 amide bonds. The van der Waals surface area contributed by atoms with Crippen molar-refractivity contribution in [1.82, 2.24) is 0 Å². The molecule has 3 aromatic carbocycles. The van der Waals surface area contributed by atoms with Crippen LogP contribution >= 0.6 is 0 Å². The first-order valence-corrected chi connectivity index (χ1v) is 8.65. The first kappa shape index (κ1) is 16.3. The average Bonchev–Trinajstić information content (AvgIpc) is 2.67. The second kappa shape index (κ2) is 6.64. The Labute approximate surface area is 150 Å². The SMILES string of the molecule is O=C(O)C1CC=CCC1C(=O)Oc1c2ccccc2cc2ccccc12. The molecular formula is C22H18O4. The Morgan fingerprint density at radius 1 is 0.846 bits per heavy atom. The van der Waals surface area contributed by atoms with Gasteiger partial charge in [-0.1, -0.05) is 60.7 Å². The molecule has 4 heteroatoms. The van der Waals surface area contributed by atoms with Gasteiger partial charge in [-0.05, 0) is 29.7 Å². The highest BCUT2D eigenvalue weighted by Gasteiger charge is 2.35. The van der Waals surface area contributed by atoms with Crippen molar-refractivity contribution in [3.63, 3.8) is 0 Å². The maximum atomic E-state index is 12.9. The van der Waals surface area contributed by atoms with E-state index in [-0.39, 0.29) is 0 Å². The number of hydrogen-bond donors (Lipinski definition) is 1. The molecule has 0 spiro atoms. The Morgan fingerprint density at radius 3 is 1.96 bits per heavy atom. The maximum absolute atomic E-state index is 12.9. The minimum Gasteiger partial charge on any atom is -0.481 e. The van der Waals surface area contributed by atoms with Crippen LogP contribution < -0.4 is 4.74 Å². The van der Waals surface area contributed by atoms with Gasteiger partial charge in [-0.15, -0.1) is 0 Å². The molecule has 1 aliphatic carbocycles. The third-order valence-corrected chi connectivity index (χ3v) is 4.98. The van der Waals surface area contributed by atoms with Crippen molar-refractivity contribution in [2.24, 2.45) is 11.8 Å². The minimum atomic E-state index is -0.959. The van der Waals surface area contributed by atoms with Crippen molar-refractivity contribution in [3.05, 3.63) is 66.7 Å². The molecule has 2 atom stereocenters. The van der Waals surface area contributed by atoms with Crippen LogP contribution in [-0.4, -0.2) is 17.0 Å². The number of carboxylic acids is 1. The lowest BCUT2D eigenvalue weighted by molar-refractivity contribution is -0.152. The Balaban J connectivity index is 1.79. The van der Waals surface area contributed by atoms with E-state index in [1.807, 2.05) is 60.7 Å². The van der Waals surface area contributed by atoms with Gasteiger partial charge in [0.05, 0.1) is 11.8 Å². The van der Waals surface area contributed by atoms with Crippen LogP contribution in [-0.2, 0) is 9.59 Å². The van der Waals surface area contributed by atoms with E-state index in [0.717, 1.165) is 21.5 Å². The van der Waals surface area contributed by atoms with E-state index in [9.17, 15) is 14.7 Å². The number of rotatable bonds is 3. The highest BCUT2D eigenvalue weighted by molar-refractivity contribution is 6.06. The van der Waals surface area contributed by atoms with Gasteiger partial charge in [0.2, 0.25) is 0 Å². The van der Waals surface area contributed by atoms with E-state index in [1.54, 1.807) is 0 Å². The number of aliphatic carboxylic acids is 1. The fraction of sp³-hybridized carbons (Fsp3) is 0.182. The lowest BCUT2D eigenvalue weighted by Gasteiger charge is -2.24. The number of benzene rings is 3. The molecule has 0 radical (unpaired) electrons. The lowest BCUT2D eigenvalue weighted by Crippen LogP contribution is -2.33. The normalized spacial score (nSPS) is 19.5.